The molecule has 21 heavy (non-hydrogen) atoms. The number of ether oxygens (including phenoxy) is 1. The smallest absolute Gasteiger partial charge is 0.214 e. The van der Waals surface area contributed by atoms with Crippen molar-refractivity contribution in [1.82, 2.24) is 19.6 Å². The monoisotopic (exact) mass is 301 g/mol. The molecule has 6 nitrogen and oxygen atoms in total. The number of methoxy groups -OCH3 is 1. The van der Waals surface area contributed by atoms with Crippen LogP contribution in [0.1, 0.15) is 12.8 Å². The van der Waals surface area contributed by atoms with Crippen LogP contribution in [0.2, 0.25) is 0 Å². The minimum Gasteiger partial charge on any atom is -0.495 e. The summed E-state index contributed by atoms with van der Waals surface area (Å²) in [5, 5.41) is 8.82. The third-order valence-electron chi connectivity index (χ3n) is 3.53. The number of nitrogens with zero attached hydrogens (tertiary/aromatic N) is 4. The zero-order valence-electron chi connectivity index (χ0n) is 11.6. The van der Waals surface area contributed by atoms with Crippen LogP contribution in [0.3, 0.4) is 0 Å². The summed E-state index contributed by atoms with van der Waals surface area (Å²) in [5.41, 5.74) is 1.79. The van der Waals surface area contributed by atoms with Crippen LogP contribution in [0.25, 0.3) is 16.2 Å². The molecule has 4 rings (SSSR count). The second-order valence-electron chi connectivity index (χ2n) is 5.20. The van der Waals surface area contributed by atoms with Crippen LogP contribution in [0.4, 0.5) is 5.13 Å². The summed E-state index contributed by atoms with van der Waals surface area (Å²) in [7, 11) is 1.63. The molecule has 1 fully saturated rings. The fourth-order valence-corrected chi connectivity index (χ4v) is 2.92. The van der Waals surface area contributed by atoms with Crippen molar-refractivity contribution in [2.24, 2.45) is 5.92 Å². The normalized spacial score (nSPS) is 14.5. The van der Waals surface area contributed by atoms with E-state index in [1.165, 1.54) is 12.8 Å². The van der Waals surface area contributed by atoms with Gasteiger partial charge in [0.2, 0.25) is 10.1 Å². The number of pyridine rings is 1. The average molecular weight is 301 g/mol. The van der Waals surface area contributed by atoms with E-state index in [-0.39, 0.29) is 0 Å². The molecule has 0 spiro atoms. The molecule has 0 saturated heterocycles. The first kappa shape index (κ1) is 12.6. The molecule has 7 heteroatoms. The van der Waals surface area contributed by atoms with E-state index in [0.717, 1.165) is 39.6 Å². The van der Waals surface area contributed by atoms with Crippen LogP contribution in [0.15, 0.2) is 24.7 Å². The van der Waals surface area contributed by atoms with Crippen molar-refractivity contribution in [1.29, 1.82) is 0 Å². The van der Waals surface area contributed by atoms with Gasteiger partial charge in [0.05, 0.1) is 25.2 Å². The van der Waals surface area contributed by atoms with E-state index in [9.17, 15) is 0 Å². The Labute approximate surface area is 125 Å². The van der Waals surface area contributed by atoms with Gasteiger partial charge in [0, 0.05) is 18.3 Å². The first-order chi connectivity index (χ1) is 10.3. The number of aromatic nitrogens is 4. The minimum atomic E-state index is 0.726. The highest BCUT2D eigenvalue weighted by Gasteiger charge is 2.21. The van der Waals surface area contributed by atoms with Gasteiger partial charge in [-0.15, -0.1) is 5.10 Å². The summed E-state index contributed by atoms with van der Waals surface area (Å²) in [4.78, 5) is 9.64. The van der Waals surface area contributed by atoms with Gasteiger partial charge >= 0.3 is 0 Å². The summed E-state index contributed by atoms with van der Waals surface area (Å²) >= 11 is 1.57. The third-order valence-corrected chi connectivity index (χ3v) is 4.41. The Hall–Kier alpha value is -2.15. The van der Waals surface area contributed by atoms with E-state index in [2.05, 4.69) is 20.4 Å². The number of rotatable bonds is 5. The number of hydrogen-bond acceptors (Lipinski definition) is 6. The molecule has 1 aliphatic rings. The first-order valence-electron chi connectivity index (χ1n) is 6.91. The topological polar surface area (TPSA) is 64.3 Å². The van der Waals surface area contributed by atoms with Gasteiger partial charge in [-0.05, 0) is 24.8 Å². The second kappa shape index (κ2) is 5.00. The van der Waals surface area contributed by atoms with Gasteiger partial charge in [-0.1, -0.05) is 11.3 Å². The van der Waals surface area contributed by atoms with E-state index in [4.69, 9.17) is 4.74 Å². The van der Waals surface area contributed by atoms with E-state index in [0.29, 0.717) is 0 Å². The van der Waals surface area contributed by atoms with E-state index in [1.807, 2.05) is 16.8 Å². The average Bonchev–Trinajstić information content (AvgIpc) is 3.14. The van der Waals surface area contributed by atoms with Gasteiger partial charge < -0.3 is 10.1 Å². The molecule has 0 bridgehead atoms. The lowest BCUT2D eigenvalue weighted by Crippen LogP contribution is -2.02. The molecule has 3 aromatic rings. The Morgan fingerprint density at radius 1 is 1.43 bits per heavy atom. The first-order valence-corrected chi connectivity index (χ1v) is 7.73. The molecule has 0 radical (unpaired) electrons. The lowest BCUT2D eigenvalue weighted by Gasteiger charge is -2.00. The predicted molar refractivity (Wildman–Crippen MR) is 81.9 cm³/mol. The van der Waals surface area contributed by atoms with Crippen LogP contribution in [-0.4, -0.2) is 33.2 Å². The van der Waals surface area contributed by atoms with Gasteiger partial charge in [-0.3, -0.25) is 4.98 Å². The largest absolute Gasteiger partial charge is 0.495 e. The Kier molecular flexibility index (Phi) is 2.99. The lowest BCUT2D eigenvalue weighted by molar-refractivity contribution is 0.413. The summed E-state index contributed by atoms with van der Waals surface area (Å²) in [6, 6.07) is 1.92. The van der Waals surface area contributed by atoms with Gasteiger partial charge in [0.25, 0.3) is 0 Å². The maximum Gasteiger partial charge on any atom is 0.214 e. The molecule has 0 aliphatic heterocycles. The molecule has 0 amide bonds. The third kappa shape index (κ3) is 2.56. The molecule has 0 aromatic carbocycles. The summed E-state index contributed by atoms with van der Waals surface area (Å²) in [6.45, 7) is 1.02. The standard InChI is InChI=1S/C14H15N5OS/c1-20-11-4-10(6-15-7-11)12-8-19-14(17-12)21-13(18-19)16-5-9-2-3-9/h4,6-9H,2-3,5H2,1H3,(H,16,18). The minimum absolute atomic E-state index is 0.726. The highest BCUT2D eigenvalue weighted by molar-refractivity contribution is 7.20. The SMILES string of the molecule is COc1cncc(-c2cn3nc(NCC4CC4)sc3n2)c1. The Morgan fingerprint density at radius 3 is 3.10 bits per heavy atom. The molecule has 1 saturated carbocycles. The number of fused-ring (bicyclic) bond motifs is 1. The highest BCUT2D eigenvalue weighted by atomic mass is 32.1. The fraction of sp³-hybridized carbons (Fsp3) is 0.357. The van der Waals surface area contributed by atoms with Crippen molar-refractivity contribution in [3.05, 3.63) is 24.7 Å². The molecule has 1 N–H and O–H groups in total. The highest BCUT2D eigenvalue weighted by Crippen LogP contribution is 2.30. The molecule has 0 unspecified atom stereocenters. The number of hydrogen-bond donors (Lipinski definition) is 1. The van der Waals surface area contributed by atoms with Gasteiger partial charge in [0.1, 0.15) is 5.75 Å². The molecule has 0 atom stereocenters. The van der Waals surface area contributed by atoms with Crippen molar-refractivity contribution < 1.29 is 4.74 Å². The van der Waals surface area contributed by atoms with Crippen molar-refractivity contribution >= 4 is 21.4 Å². The molecule has 108 valence electrons. The molecule has 3 aromatic heterocycles. The second-order valence-corrected chi connectivity index (χ2v) is 6.15. The quantitative estimate of drug-likeness (QED) is 0.785. The van der Waals surface area contributed by atoms with E-state index in [1.54, 1.807) is 30.8 Å². The van der Waals surface area contributed by atoms with Gasteiger partial charge in [-0.2, -0.15) is 0 Å². The maximum atomic E-state index is 5.19. The zero-order valence-corrected chi connectivity index (χ0v) is 12.4. The van der Waals surface area contributed by atoms with Crippen LogP contribution in [0.5, 0.6) is 5.75 Å². The number of anilines is 1. The Bertz CT molecular complexity index is 745. The van der Waals surface area contributed by atoms with E-state index >= 15 is 0 Å². The molecule has 3 heterocycles. The van der Waals surface area contributed by atoms with Crippen LogP contribution in [0, 0.1) is 5.92 Å². The summed E-state index contributed by atoms with van der Waals surface area (Å²) in [5.74, 6) is 1.56. The summed E-state index contributed by atoms with van der Waals surface area (Å²) in [6.07, 6.45) is 8.05. The Balaban J connectivity index is 1.59. The van der Waals surface area contributed by atoms with Crippen LogP contribution >= 0.6 is 11.3 Å². The van der Waals surface area contributed by atoms with Crippen molar-refractivity contribution in [2.45, 2.75) is 12.8 Å². The maximum absolute atomic E-state index is 5.19. The fourth-order valence-electron chi connectivity index (χ4n) is 2.13. The zero-order chi connectivity index (χ0) is 14.2. The predicted octanol–water partition coefficient (Wildman–Crippen LogP) is 2.68. The summed E-state index contributed by atoms with van der Waals surface area (Å²) < 4.78 is 7.01. The van der Waals surface area contributed by atoms with Crippen molar-refractivity contribution in [3.63, 3.8) is 0 Å². The van der Waals surface area contributed by atoms with Crippen LogP contribution < -0.4 is 10.1 Å². The van der Waals surface area contributed by atoms with Crippen LogP contribution in [-0.2, 0) is 0 Å². The number of nitrogens with one attached hydrogen (secondary N) is 1. The van der Waals surface area contributed by atoms with Crippen molar-refractivity contribution in [2.75, 3.05) is 19.0 Å². The lowest BCUT2D eigenvalue weighted by atomic mass is 10.2. The van der Waals surface area contributed by atoms with Gasteiger partial charge in [0.15, 0.2) is 0 Å². The molecule has 1 aliphatic carbocycles. The molecular formula is C14H15N5OS. The van der Waals surface area contributed by atoms with E-state index < -0.39 is 0 Å². The van der Waals surface area contributed by atoms with Crippen molar-refractivity contribution in [3.8, 4) is 17.0 Å². The van der Waals surface area contributed by atoms with Gasteiger partial charge in [-0.25, -0.2) is 9.50 Å². The molecular weight excluding hydrogens is 286 g/mol. The number of imidazole rings is 1. The Morgan fingerprint density at radius 2 is 2.33 bits per heavy atom.